The highest BCUT2D eigenvalue weighted by atomic mass is 16.3. The van der Waals surface area contributed by atoms with Crippen molar-refractivity contribution in [3.05, 3.63) is 77.0 Å². The van der Waals surface area contributed by atoms with E-state index in [0.717, 1.165) is 18.4 Å². The fraction of sp³-hybridized carbons (Fsp3) is 0.182. The number of amides is 1. The summed E-state index contributed by atoms with van der Waals surface area (Å²) in [5, 5.41) is 16.2. The largest absolute Gasteiger partial charge is 0.506 e. The summed E-state index contributed by atoms with van der Waals surface area (Å²) in [6, 6.07) is 16.8. The second-order valence-electron chi connectivity index (χ2n) is 7.16. The number of carbonyl (C=O) groups excluding carboxylic acids is 1. The maximum absolute atomic E-state index is 12.7. The SMILES string of the molecule is Cc1ccc(Nc2cc(N)nc(C(=O)NC3Cc4ccccc4C3)c2)c(O)c1. The van der Waals surface area contributed by atoms with Crippen molar-refractivity contribution in [3.8, 4) is 5.75 Å². The van der Waals surface area contributed by atoms with Gasteiger partial charge in [-0.1, -0.05) is 30.3 Å². The Hall–Kier alpha value is -3.54. The molecule has 0 saturated carbocycles. The molecule has 0 saturated heterocycles. The molecule has 0 fully saturated rings. The minimum atomic E-state index is -0.263. The molecule has 142 valence electrons. The van der Waals surface area contributed by atoms with Gasteiger partial charge in [-0.25, -0.2) is 4.98 Å². The van der Waals surface area contributed by atoms with Gasteiger partial charge in [0.25, 0.3) is 5.91 Å². The molecule has 2 aromatic carbocycles. The van der Waals surface area contributed by atoms with Crippen molar-refractivity contribution in [1.82, 2.24) is 10.3 Å². The van der Waals surface area contributed by atoms with Gasteiger partial charge in [0, 0.05) is 17.8 Å². The molecule has 3 aromatic rings. The third-order valence-electron chi connectivity index (χ3n) is 4.90. The van der Waals surface area contributed by atoms with Gasteiger partial charge in [0.15, 0.2) is 0 Å². The number of nitrogen functional groups attached to an aromatic ring is 1. The standard InChI is InChI=1S/C22H22N4O2/c1-13-6-7-18(20(27)8-13)24-17-11-19(26-21(23)12-17)22(28)25-16-9-14-4-2-3-5-15(14)10-16/h2-8,11-12,16,27H,9-10H2,1H3,(H,25,28)(H3,23,24,26). The highest BCUT2D eigenvalue weighted by Crippen LogP contribution is 2.28. The average molecular weight is 374 g/mol. The zero-order valence-corrected chi connectivity index (χ0v) is 15.6. The van der Waals surface area contributed by atoms with E-state index in [1.807, 2.05) is 25.1 Å². The zero-order chi connectivity index (χ0) is 19.7. The Morgan fingerprint density at radius 3 is 2.50 bits per heavy atom. The summed E-state index contributed by atoms with van der Waals surface area (Å²) >= 11 is 0. The number of fused-ring (bicyclic) bond motifs is 1. The van der Waals surface area contributed by atoms with E-state index in [1.54, 1.807) is 24.3 Å². The number of hydrogen-bond donors (Lipinski definition) is 4. The lowest BCUT2D eigenvalue weighted by atomic mass is 10.1. The van der Waals surface area contributed by atoms with Crippen LogP contribution in [0.4, 0.5) is 17.2 Å². The molecule has 6 nitrogen and oxygen atoms in total. The second kappa shape index (κ2) is 7.23. The number of phenolic OH excluding ortho intramolecular Hbond substituents is 1. The van der Waals surface area contributed by atoms with E-state index in [-0.39, 0.29) is 29.2 Å². The molecular formula is C22H22N4O2. The first-order chi connectivity index (χ1) is 13.5. The smallest absolute Gasteiger partial charge is 0.270 e. The fourth-order valence-corrected chi connectivity index (χ4v) is 3.56. The van der Waals surface area contributed by atoms with Gasteiger partial charge in [0.05, 0.1) is 5.69 Å². The van der Waals surface area contributed by atoms with E-state index in [4.69, 9.17) is 5.73 Å². The molecule has 0 radical (unpaired) electrons. The van der Waals surface area contributed by atoms with Crippen LogP contribution in [0.3, 0.4) is 0 Å². The lowest BCUT2D eigenvalue weighted by Gasteiger charge is -2.14. The first-order valence-electron chi connectivity index (χ1n) is 9.20. The first-order valence-corrected chi connectivity index (χ1v) is 9.20. The number of carbonyl (C=O) groups is 1. The number of pyridine rings is 1. The van der Waals surface area contributed by atoms with Crippen molar-refractivity contribution in [1.29, 1.82) is 0 Å². The van der Waals surface area contributed by atoms with Crippen LogP contribution in [0.2, 0.25) is 0 Å². The van der Waals surface area contributed by atoms with E-state index in [2.05, 4.69) is 27.8 Å². The van der Waals surface area contributed by atoms with E-state index in [1.165, 1.54) is 11.1 Å². The van der Waals surface area contributed by atoms with Crippen LogP contribution >= 0.6 is 0 Å². The van der Waals surface area contributed by atoms with Crippen molar-refractivity contribution in [3.63, 3.8) is 0 Å². The number of aromatic nitrogens is 1. The second-order valence-corrected chi connectivity index (χ2v) is 7.16. The molecule has 0 bridgehead atoms. The number of nitrogens with zero attached hydrogens (tertiary/aromatic N) is 1. The number of nitrogens with two attached hydrogens (primary N) is 1. The number of anilines is 3. The lowest BCUT2D eigenvalue weighted by Crippen LogP contribution is -2.35. The monoisotopic (exact) mass is 374 g/mol. The van der Waals surface area contributed by atoms with E-state index in [9.17, 15) is 9.90 Å². The minimum absolute atomic E-state index is 0.0469. The molecule has 1 heterocycles. The molecule has 0 unspecified atom stereocenters. The summed E-state index contributed by atoms with van der Waals surface area (Å²) in [5.74, 6) is 0.0999. The summed E-state index contributed by atoms with van der Waals surface area (Å²) in [6.07, 6.45) is 1.62. The number of benzene rings is 2. The zero-order valence-electron chi connectivity index (χ0n) is 15.6. The van der Waals surface area contributed by atoms with E-state index in [0.29, 0.717) is 11.4 Å². The Kier molecular flexibility index (Phi) is 4.61. The minimum Gasteiger partial charge on any atom is -0.506 e. The summed E-state index contributed by atoms with van der Waals surface area (Å²) < 4.78 is 0. The Bertz CT molecular complexity index is 1020. The number of aryl methyl sites for hydroxylation is 1. The Morgan fingerprint density at radius 1 is 1.11 bits per heavy atom. The van der Waals surface area contributed by atoms with Gasteiger partial charge >= 0.3 is 0 Å². The van der Waals surface area contributed by atoms with E-state index >= 15 is 0 Å². The number of phenols is 1. The van der Waals surface area contributed by atoms with Crippen molar-refractivity contribution in [2.75, 3.05) is 11.1 Å². The van der Waals surface area contributed by atoms with Crippen molar-refractivity contribution < 1.29 is 9.90 Å². The van der Waals surface area contributed by atoms with Crippen LogP contribution < -0.4 is 16.4 Å². The number of rotatable bonds is 4. The quantitative estimate of drug-likeness (QED) is 0.525. The normalized spacial score (nSPS) is 13.2. The van der Waals surface area contributed by atoms with Crippen LogP contribution in [0.5, 0.6) is 5.75 Å². The van der Waals surface area contributed by atoms with Crippen LogP contribution in [-0.4, -0.2) is 22.0 Å². The van der Waals surface area contributed by atoms with E-state index < -0.39 is 0 Å². The Balaban J connectivity index is 1.50. The van der Waals surface area contributed by atoms with Gasteiger partial charge in [-0.05, 0) is 54.7 Å². The third kappa shape index (κ3) is 3.76. The maximum atomic E-state index is 12.7. The molecule has 4 rings (SSSR count). The summed E-state index contributed by atoms with van der Waals surface area (Å²) in [6.45, 7) is 1.90. The predicted octanol–water partition coefficient (Wildman–Crippen LogP) is 3.32. The van der Waals surface area contributed by atoms with Gasteiger partial charge < -0.3 is 21.5 Å². The predicted molar refractivity (Wildman–Crippen MR) is 110 cm³/mol. The third-order valence-corrected chi connectivity index (χ3v) is 4.90. The van der Waals surface area contributed by atoms with Crippen LogP contribution in [0.15, 0.2) is 54.6 Å². The average Bonchev–Trinajstić information content (AvgIpc) is 3.06. The Labute approximate surface area is 163 Å². The molecule has 28 heavy (non-hydrogen) atoms. The van der Waals surface area contributed by atoms with Crippen molar-refractivity contribution in [2.45, 2.75) is 25.8 Å². The number of aromatic hydroxyl groups is 1. The van der Waals surface area contributed by atoms with Gasteiger partial charge in [-0.15, -0.1) is 0 Å². The molecule has 1 aromatic heterocycles. The maximum Gasteiger partial charge on any atom is 0.270 e. The first kappa shape index (κ1) is 17.9. The van der Waals surface area contributed by atoms with Crippen molar-refractivity contribution in [2.24, 2.45) is 0 Å². The molecular weight excluding hydrogens is 352 g/mol. The molecule has 0 aliphatic heterocycles. The molecule has 6 heteroatoms. The highest BCUT2D eigenvalue weighted by Gasteiger charge is 2.23. The van der Waals surface area contributed by atoms with Gasteiger partial charge in [0.1, 0.15) is 17.3 Å². The van der Waals surface area contributed by atoms with Crippen LogP contribution in [0.25, 0.3) is 0 Å². The number of hydrogen-bond acceptors (Lipinski definition) is 5. The molecule has 0 atom stereocenters. The van der Waals surface area contributed by atoms with Crippen LogP contribution in [-0.2, 0) is 12.8 Å². The Morgan fingerprint density at radius 2 is 1.82 bits per heavy atom. The highest BCUT2D eigenvalue weighted by molar-refractivity contribution is 5.94. The lowest BCUT2D eigenvalue weighted by molar-refractivity contribution is 0.0933. The topological polar surface area (TPSA) is 100 Å². The van der Waals surface area contributed by atoms with Crippen molar-refractivity contribution >= 4 is 23.1 Å². The molecule has 1 amide bonds. The summed E-state index contributed by atoms with van der Waals surface area (Å²) in [7, 11) is 0. The molecule has 0 spiro atoms. The van der Waals surface area contributed by atoms with Gasteiger partial charge in [-0.2, -0.15) is 0 Å². The summed E-state index contributed by atoms with van der Waals surface area (Å²) in [4.78, 5) is 16.9. The fourth-order valence-electron chi connectivity index (χ4n) is 3.56. The number of nitrogens with one attached hydrogen (secondary N) is 2. The van der Waals surface area contributed by atoms with Gasteiger partial charge in [-0.3, -0.25) is 4.79 Å². The van der Waals surface area contributed by atoms with Crippen LogP contribution in [0.1, 0.15) is 27.2 Å². The molecule has 1 aliphatic rings. The molecule has 5 N–H and O–H groups in total. The van der Waals surface area contributed by atoms with Crippen LogP contribution in [0, 0.1) is 6.92 Å². The summed E-state index contributed by atoms with van der Waals surface area (Å²) in [5.41, 5.74) is 10.8. The van der Waals surface area contributed by atoms with Gasteiger partial charge in [0.2, 0.25) is 0 Å². The molecule has 1 aliphatic carbocycles.